The minimum absolute atomic E-state index is 0. The van der Waals surface area contributed by atoms with Crippen LogP contribution in [0.1, 0.15) is 89.9 Å². The third kappa shape index (κ3) is 17.8. The Labute approximate surface area is 291 Å². The number of allylic oxidation sites excluding steroid dienone is 4. The molecule has 0 amide bonds. The molecule has 2 nitrogen and oxygen atoms in total. The molecule has 0 heterocycles. The zero-order chi connectivity index (χ0) is 32.9. The van der Waals surface area contributed by atoms with Crippen molar-refractivity contribution in [1.82, 2.24) is 0 Å². The van der Waals surface area contributed by atoms with Crippen molar-refractivity contribution in [2.75, 3.05) is 27.5 Å². The third-order valence-corrected chi connectivity index (χ3v) is 14.0. The fourth-order valence-corrected chi connectivity index (χ4v) is 10.8. The summed E-state index contributed by atoms with van der Waals surface area (Å²) < 4.78 is 49.9. The van der Waals surface area contributed by atoms with Crippen LogP contribution in [0.25, 0.3) is 0 Å². The second-order valence-electron chi connectivity index (χ2n) is 11.7. The summed E-state index contributed by atoms with van der Waals surface area (Å²) in [6.07, 6.45) is 28.2. The first-order chi connectivity index (χ1) is 21.7. The molecular formula is C36H54BF4O2P2Rh. The van der Waals surface area contributed by atoms with Crippen molar-refractivity contribution in [3.8, 4) is 11.5 Å². The van der Waals surface area contributed by atoms with Gasteiger partial charge in [-0.3, -0.25) is 0 Å². The Kier molecular flexibility index (Phi) is 23.1. The van der Waals surface area contributed by atoms with Gasteiger partial charge in [0.2, 0.25) is 0 Å². The van der Waals surface area contributed by atoms with Gasteiger partial charge in [0, 0.05) is 10.6 Å². The van der Waals surface area contributed by atoms with Crippen molar-refractivity contribution in [2.45, 2.75) is 101 Å². The summed E-state index contributed by atoms with van der Waals surface area (Å²) in [5.74, 6) is 2.17. The molecule has 0 bridgehead atoms. The second-order valence-corrected chi connectivity index (χ2v) is 16.6. The fourth-order valence-electron chi connectivity index (χ4n) is 6.03. The molecule has 260 valence electrons. The summed E-state index contributed by atoms with van der Waals surface area (Å²) >= 11 is 0. The molecule has 3 aliphatic rings. The molecule has 2 aromatic carbocycles. The summed E-state index contributed by atoms with van der Waals surface area (Å²) in [5, 5.41) is 2.90. The average Bonchev–Trinajstić information content (AvgIpc) is 3.04. The van der Waals surface area contributed by atoms with Gasteiger partial charge in [-0.1, -0.05) is 115 Å². The van der Waals surface area contributed by atoms with Gasteiger partial charge in [-0.25, -0.2) is 0 Å². The van der Waals surface area contributed by atoms with Gasteiger partial charge in [0.15, 0.2) is 0 Å². The molecule has 0 saturated heterocycles. The van der Waals surface area contributed by atoms with E-state index in [1.165, 1.54) is 101 Å². The summed E-state index contributed by atoms with van der Waals surface area (Å²) in [4.78, 5) is 0. The molecule has 0 aromatic heterocycles. The Morgan fingerprint density at radius 3 is 1.11 bits per heavy atom. The van der Waals surface area contributed by atoms with Gasteiger partial charge in [-0.05, 0) is 88.1 Å². The molecule has 0 spiro atoms. The molecule has 3 aliphatic carbocycles. The van der Waals surface area contributed by atoms with Crippen LogP contribution >= 0.6 is 15.8 Å². The van der Waals surface area contributed by atoms with Gasteiger partial charge in [-0.2, -0.15) is 0 Å². The standard InChI is InChI=1S/2C14H21OP.C8H12.BF4.Rh/c2*1-15-13-10-6-7-11-14(13)16(2)12-8-4-3-5-9-12;1-2-4-6-8-7-5-3-1;2-1(3,4)5;/h2*6-7,10-12H,3-5,8-9H2,1-2H3;1-2,7-8H,3-6H2;;/q;;;-1;+1/b;;2-1-,8-7-;;. The number of methoxy groups -OCH3 is 2. The molecule has 2 saturated carbocycles. The maximum Gasteiger partial charge on any atom is 1.00 e. The monoisotopic (exact) mass is 770 g/mol. The van der Waals surface area contributed by atoms with Gasteiger partial charge >= 0.3 is 26.7 Å². The van der Waals surface area contributed by atoms with E-state index in [1.807, 2.05) is 0 Å². The summed E-state index contributed by atoms with van der Waals surface area (Å²) in [6, 6.07) is 17.1. The van der Waals surface area contributed by atoms with E-state index in [1.54, 1.807) is 14.2 Å². The number of halogens is 4. The van der Waals surface area contributed by atoms with Gasteiger partial charge in [0.1, 0.15) is 11.5 Å². The van der Waals surface area contributed by atoms with Gasteiger partial charge in [-0.15, -0.1) is 0 Å². The quantitative estimate of drug-likeness (QED) is 0.126. The van der Waals surface area contributed by atoms with Crippen LogP contribution < -0.4 is 20.1 Å². The first-order valence-electron chi connectivity index (χ1n) is 16.5. The Bertz CT molecular complexity index is 1020. The van der Waals surface area contributed by atoms with Crippen LogP contribution in [0.15, 0.2) is 72.8 Å². The number of para-hydroxylation sites is 2. The molecule has 46 heavy (non-hydrogen) atoms. The number of hydrogen-bond donors (Lipinski definition) is 0. The van der Waals surface area contributed by atoms with Gasteiger partial charge < -0.3 is 26.7 Å². The van der Waals surface area contributed by atoms with E-state index < -0.39 is 7.25 Å². The fraction of sp³-hybridized carbons (Fsp3) is 0.556. The molecule has 0 N–H and O–H groups in total. The third-order valence-electron chi connectivity index (χ3n) is 8.51. The molecular weight excluding hydrogens is 716 g/mol. The van der Waals surface area contributed by atoms with Crippen molar-refractivity contribution in [3.63, 3.8) is 0 Å². The van der Waals surface area contributed by atoms with Crippen LogP contribution in [-0.2, 0) is 19.5 Å². The molecule has 5 rings (SSSR count). The van der Waals surface area contributed by atoms with Crippen molar-refractivity contribution in [1.29, 1.82) is 0 Å². The van der Waals surface area contributed by atoms with E-state index in [0.29, 0.717) is 0 Å². The number of ether oxygens (including phenoxy) is 2. The van der Waals surface area contributed by atoms with Crippen LogP contribution in [0.4, 0.5) is 17.3 Å². The minimum atomic E-state index is -6.00. The molecule has 0 radical (unpaired) electrons. The number of hydrogen-bond acceptors (Lipinski definition) is 2. The Balaban J connectivity index is 0.000000332. The van der Waals surface area contributed by atoms with Gasteiger partial charge in [0.05, 0.1) is 14.2 Å². The molecule has 2 atom stereocenters. The molecule has 2 aromatic rings. The van der Waals surface area contributed by atoms with Crippen molar-refractivity contribution in [3.05, 3.63) is 72.8 Å². The Hall–Kier alpha value is -1.21. The molecule has 0 aliphatic heterocycles. The topological polar surface area (TPSA) is 18.5 Å². The van der Waals surface area contributed by atoms with E-state index in [4.69, 9.17) is 9.47 Å². The molecule has 2 fully saturated rings. The second kappa shape index (κ2) is 24.9. The maximum atomic E-state index is 9.75. The van der Waals surface area contributed by atoms with Crippen molar-refractivity contribution in [2.24, 2.45) is 0 Å². The average molecular weight is 770 g/mol. The summed E-state index contributed by atoms with van der Waals surface area (Å²) in [6.45, 7) is 4.84. The van der Waals surface area contributed by atoms with E-state index >= 15 is 0 Å². The smallest absolute Gasteiger partial charge is 0.496 e. The minimum Gasteiger partial charge on any atom is -0.496 e. The van der Waals surface area contributed by atoms with E-state index in [2.05, 4.69) is 86.2 Å². The maximum absolute atomic E-state index is 9.75. The predicted octanol–water partition coefficient (Wildman–Crippen LogP) is 11.5. The first-order valence-corrected chi connectivity index (χ1v) is 20.3. The summed E-state index contributed by atoms with van der Waals surface area (Å²) in [5.41, 5.74) is 1.83. The van der Waals surface area contributed by atoms with E-state index in [9.17, 15) is 17.3 Å². The van der Waals surface area contributed by atoms with E-state index in [0.717, 1.165) is 22.8 Å². The first kappa shape index (κ1) is 42.8. The van der Waals surface area contributed by atoms with Crippen molar-refractivity contribution >= 4 is 33.7 Å². The van der Waals surface area contributed by atoms with Crippen LogP contribution in [0.2, 0.25) is 0 Å². The van der Waals surface area contributed by atoms with Crippen LogP contribution in [-0.4, -0.2) is 46.1 Å². The molecule has 10 heteroatoms. The van der Waals surface area contributed by atoms with Crippen molar-refractivity contribution < 1.29 is 46.2 Å². The number of rotatable bonds is 6. The SMILES string of the molecule is C1=C\CC/C=C\CC/1.COc1ccccc1P(C)C1CCCCC1.COc1ccccc1P(C)C1CCCCC1.F[B-](F)(F)F.[Rh+]. The van der Waals surface area contributed by atoms with Gasteiger partial charge in [0.25, 0.3) is 0 Å². The largest absolute Gasteiger partial charge is 1.00 e. The Morgan fingerprint density at radius 2 is 0.826 bits per heavy atom. The predicted molar refractivity (Wildman–Crippen MR) is 192 cm³/mol. The zero-order valence-corrected chi connectivity index (χ0v) is 31.5. The zero-order valence-electron chi connectivity index (χ0n) is 28.1. The normalized spacial score (nSPS) is 19.7. The van der Waals surface area contributed by atoms with Crippen LogP contribution in [0, 0.1) is 0 Å². The van der Waals surface area contributed by atoms with E-state index in [-0.39, 0.29) is 35.3 Å². The summed E-state index contributed by atoms with van der Waals surface area (Å²) in [7, 11) is -2.53. The molecule has 2 unspecified atom stereocenters. The Morgan fingerprint density at radius 1 is 0.543 bits per heavy atom. The van der Waals surface area contributed by atoms with Crippen LogP contribution in [0.5, 0.6) is 11.5 Å². The number of benzene rings is 2. The van der Waals surface area contributed by atoms with Crippen LogP contribution in [0.3, 0.4) is 0 Å².